The van der Waals surface area contributed by atoms with Crippen LogP contribution in [0, 0.1) is 0 Å². The lowest BCUT2D eigenvalue weighted by Crippen LogP contribution is -2.34. The molecule has 0 aliphatic rings. The molecule has 19 heavy (non-hydrogen) atoms. The van der Waals surface area contributed by atoms with Gasteiger partial charge in [-0.3, -0.25) is 9.78 Å². The van der Waals surface area contributed by atoms with Gasteiger partial charge in [0.1, 0.15) is 0 Å². The minimum Gasteiger partial charge on any atom is -0.383 e. The van der Waals surface area contributed by atoms with Crippen molar-refractivity contribution in [1.82, 2.24) is 15.2 Å². The zero-order valence-corrected chi connectivity index (χ0v) is 11.6. The lowest BCUT2D eigenvalue weighted by Gasteiger charge is -2.16. The van der Waals surface area contributed by atoms with E-state index in [1.54, 1.807) is 25.4 Å². The van der Waals surface area contributed by atoms with E-state index >= 15 is 0 Å². The van der Waals surface area contributed by atoms with Gasteiger partial charge in [0.15, 0.2) is 0 Å². The second-order valence-corrected chi connectivity index (χ2v) is 4.29. The second-order valence-electron chi connectivity index (χ2n) is 4.29. The molecule has 0 aliphatic carbocycles. The Bertz CT molecular complexity index is 398. The Hall–Kier alpha value is -1.50. The molecule has 1 aromatic heterocycles. The van der Waals surface area contributed by atoms with Gasteiger partial charge in [0.2, 0.25) is 0 Å². The van der Waals surface area contributed by atoms with Crippen LogP contribution in [0.2, 0.25) is 0 Å². The van der Waals surface area contributed by atoms with Gasteiger partial charge in [-0.1, -0.05) is 0 Å². The molecule has 1 heterocycles. The van der Waals surface area contributed by atoms with Gasteiger partial charge in [-0.25, -0.2) is 0 Å². The van der Waals surface area contributed by atoms with Crippen molar-refractivity contribution in [2.24, 2.45) is 5.73 Å². The van der Waals surface area contributed by atoms with Crippen LogP contribution in [0.15, 0.2) is 18.3 Å². The Morgan fingerprint density at radius 3 is 3.00 bits per heavy atom. The van der Waals surface area contributed by atoms with E-state index in [1.165, 1.54) is 0 Å². The van der Waals surface area contributed by atoms with Gasteiger partial charge in [-0.05, 0) is 19.2 Å². The maximum atomic E-state index is 11.9. The molecule has 6 nitrogen and oxygen atoms in total. The fourth-order valence-electron chi connectivity index (χ4n) is 1.55. The van der Waals surface area contributed by atoms with Crippen LogP contribution >= 0.6 is 0 Å². The Labute approximate surface area is 113 Å². The smallest absolute Gasteiger partial charge is 0.251 e. The molecule has 1 rings (SSSR count). The van der Waals surface area contributed by atoms with Crippen molar-refractivity contribution in [2.75, 3.05) is 40.4 Å². The number of carbonyl (C=O) groups is 1. The Balaban J connectivity index is 2.34. The van der Waals surface area contributed by atoms with Crippen LogP contribution in [0.5, 0.6) is 0 Å². The molecule has 106 valence electrons. The topological polar surface area (TPSA) is 80.5 Å². The van der Waals surface area contributed by atoms with Gasteiger partial charge in [0.05, 0.1) is 12.3 Å². The van der Waals surface area contributed by atoms with Gasteiger partial charge in [0.25, 0.3) is 5.91 Å². The first-order valence-corrected chi connectivity index (χ1v) is 6.28. The number of hydrogen-bond donors (Lipinski definition) is 2. The summed E-state index contributed by atoms with van der Waals surface area (Å²) in [6.45, 7) is 3.25. The summed E-state index contributed by atoms with van der Waals surface area (Å²) in [6.07, 6.45) is 1.60. The number of pyridine rings is 1. The van der Waals surface area contributed by atoms with Crippen LogP contribution in [-0.4, -0.2) is 56.2 Å². The summed E-state index contributed by atoms with van der Waals surface area (Å²) in [6, 6.07) is 3.40. The standard InChI is InChI=1S/C13H22N4O2/c1-17(7-8-19-2)6-5-16-13(18)11-3-4-15-12(9-11)10-14/h3-4,9H,5-8,10,14H2,1-2H3,(H,16,18). The van der Waals surface area contributed by atoms with Crippen molar-refractivity contribution < 1.29 is 9.53 Å². The van der Waals surface area contributed by atoms with Crippen LogP contribution < -0.4 is 11.1 Å². The molecule has 1 aromatic rings. The maximum absolute atomic E-state index is 11.9. The molecule has 0 saturated heterocycles. The summed E-state index contributed by atoms with van der Waals surface area (Å²) >= 11 is 0. The molecule has 0 bridgehead atoms. The number of nitrogens with one attached hydrogen (secondary N) is 1. The maximum Gasteiger partial charge on any atom is 0.251 e. The number of aromatic nitrogens is 1. The Morgan fingerprint density at radius 1 is 1.53 bits per heavy atom. The van der Waals surface area contributed by atoms with E-state index in [0.29, 0.717) is 31.0 Å². The summed E-state index contributed by atoms with van der Waals surface area (Å²) < 4.78 is 4.99. The van der Waals surface area contributed by atoms with Crippen LogP contribution in [-0.2, 0) is 11.3 Å². The quantitative estimate of drug-likeness (QED) is 0.684. The third-order valence-electron chi connectivity index (χ3n) is 2.74. The van der Waals surface area contributed by atoms with E-state index in [2.05, 4.69) is 15.2 Å². The number of nitrogens with zero attached hydrogens (tertiary/aromatic N) is 2. The Kier molecular flexibility index (Phi) is 7.02. The first-order chi connectivity index (χ1) is 9.17. The molecule has 0 saturated carbocycles. The van der Waals surface area contributed by atoms with Crippen molar-refractivity contribution >= 4 is 5.91 Å². The molecule has 0 spiro atoms. The van der Waals surface area contributed by atoms with Crippen LogP contribution in [0.4, 0.5) is 0 Å². The molecule has 0 aromatic carbocycles. The highest BCUT2D eigenvalue weighted by atomic mass is 16.5. The highest BCUT2D eigenvalue weighted by Crippen LogP contribution is 2.00. The van der Waals surface area contributed by atoms with Crippen molar-refractivity contribution in [3.63, 3.8) is 0 Å². The van der Waals surface area contributed by atoms with Crippen LogP contribution in [0.25, 0.3) is 0 Å². The lowest BCUT2D eigenvalue weighted by atomic mass is 10.2. The number of carbonyl (C=O) groups excluding carboxylic acids is 1. The van der Waals surface area contributed by atoms with E-state index in [0.717, 1.165) is 13.1 Å². The fourth-order valence-corrected chi connectivity index (χ4v) is 1.55. The van der Waals surface area contributed by atoms with E-state index in [-0.39, 0.29) is 5.91 Å². The summed E-state index contributed by atoms with van der Waals surface area (Å²) in [5.41, 5.74) is 6.80. The molecule has 0 unspecified atom stereocenters. The summed E-state index contributed by atoms with van der Waals surface area (Å²) in [4.78, 5) is 18.0. The van der Waals surface area contributed by atoms with Gasteiger partial charge in [-0.2, -0.15) is 0 Å². The van der Waals surface area contributed by atoms with Crippen molar-refractivity contribution in [1.29, 1.82) is 0 Å². The zero-order chi connectivity index (χ0) is 14.1. The number of rotatable bonds is 8. The SMILES string of the molecule is COCCN(C)CCNC(=O)c1ccnc(CN)c1. The van der Waals surface area contributed by atoms with E-state index in [1.807, 2.05) is 7.05 Å². The average Bonchev–Trinajstić information content (AvgIpc) is 2.45. The second kappa shape index (κ2) is 8.58. The lowest BCUT2D eigenvalue weighted by molar-refractivity contribution is 0.0947. The predicted octanol–water partition coefficient (Wildman–Crippen LogP) is -0.152. The number of hydrogen-bond acceptors (Lipinski definition) is 5. The van der Waals surface area contributed by atoms with Crippen molar-refractivity contribution in [3.8, 4) is 0 Å². The average molecular weight is 266 g/mol. The summed E-state index contributed by atoms with van der Waals surface area (Å²) in [5.74, 6) is -0.0998. The molecule has 0 aliphatic heterocycles. The van der Waals surface area contributed by atoms with Gasteiger partial charge >= 0.3 is 0 Å². The number of nitrogens with two attached hydrogens (primary N) is 1. The predicted molar refractivity (Wildman–Crippen MR) is 73.8 cm³/mol. The highest BCUT2D eigenvalue weighted by Gasteiger charge is 2.06. The molecule has 3 N–H and O–H groups in total. The van der Waals surface area contributed by atoms with Crippen LogP contribution in [0.3, 0.4) is 0 Å². The van der Waals surface area contributed by atoms with Gasteiger partial charge in [-0.15, -0.1) is 0 Å². The molecule has 6 heteroatoms. The van der Waals surface area contributed by atoms with E-state index in [4.69, 9.17) is 10.5 Å². The number of amides is 1. The van der Waals surface area contributed by atoms with E-state index < -0.39 is 0 Å². The zero-order valence-electron chi connectivity index (χ0n) is 11.6. The fraction of sp³-hybridized carbons (Fsp3) is 0.538. The normalized spacial score (nSPS) is 10.7. The number of ether oxygens (including phenoxy) is 1. The van der Waals surface area contributed by atoms with Gasteiger partial charge < -0.3 is 20.7 Å². The Morgan fingerprint density at radius 2 is 2.32 bits per heavy atom. The minimum absolute atomic E-state index is 0.0998. The largest absolute Gasteiger partial charge is 0.383 e. The van der Waals surface area contributed by atoms with E-state index in [9.17, 15) is 4.79 Å². The monoisotopic (exact) mass is 266 g/mol. The highest BCUT2D eigenvalue weighted by molar-refractivity contribution is 5.94. The molecule has 0 atom stereocenters. The molecule has 0 fully saturated rings. The molecule has 1 amide bonds. The number of likely N-dealkylation sites (N-methyl/N-ethyl adjacent to an activating group) is 1. The first kappa shape index (κ1) is 15.6. The summed E-state index contributed by atoms with van der Waals surface area (Å²) in [5, 5.41) is 2.87. The minimum atomic E-state index is -0.0998. The third kappa shape index (κ3) is 5.78. The third-order valence-corrected chi connectivity index (χ3v) is 2.74. The summed E-state index contributed by atoms with van der Waals surface area (Å²) in [7, 11) is 3.66. The molecular formula is C13H22N4O2. The number of methoxy groups -OCH3 is 1. The van der Waals surface area contributed by atoms with Crippen molar-refractivity contribution in [3.05, 3.63) is 29.6 Å². The van der Waals surface area contributed by atoms with Crippen molar-refractivity contribution in [2.45, 2.75) is 6.54 Å². The van der Waals surface area contributed by atoms with Gasteiger partial charge in [0, 0.05) is 45.0 Å². The molecule has 0 radical (unpaired) electrons. The first-order valence-electron chi connectivity index (χ1n) is 6.28. The molecular weight excluding hydrogens is 244 g/mol. The van der Waals surface area contributed by atoms with Crippen LogP contribution in [0.1, 0.15) is 16.1 Å².